The molecule has 2 atom stereocenters. The Balaban J connectivity index is 1.38. The average molecular weight is 428 g/mol. The van der Waals surface area contributed by atoms with Gasteiger partial charge in [0.1, 0.15) is 0 Å². The van der Waals surface area contributed by atoms with E-state index in [4.69, 9.17) is 9.97 Å². The molecule has 5 rings (SSSR count). The van der Waals surface area contributed by atoms with E-state index in [-0.39, 0.29) is 18.0 Å². The summed E-state index contributed by atoms with van der Waals surface area (Å²) in [6.45, 7) is 0.884. The van der Waals surface area contributed by atoms with Gasteiger partial charge in [0.2, 0.25) is 0 Å². The highest BCUT2D eigenvalue weighted by Crippen LogP contribution is 2.30. The van der Waals surface area contributed by atoms with Gasteiger partial charge in [-0.15, -0.1) is 0 Å². The fraction of sp³-hybridized carbons (Fsp3) is 0.292. The van der Waals surface area contributed by atoms with Crippen LogP contribution in [0.2, 0.25) is 0 Å². The van der Waals surface area contributed by atoms with Crippen LogP contribution in [0.1, 0.15) is 34.9 Å². The van der Waals surface area contributed by atoms with Crippen molar-refractivity contribution in [3.8, 4) is 11.3 Å². The van der Waals surface area contributed by atoms with Crippen molar-refractivity contribution in [2.24, 2.45) is 7.05 Å². The first kappa shape index (κ1) is 20.3. The summed E-state index contributed by atoms with van der Waals surface area (Å²) in [5.41, 5.74) is 4.39. The number of fused-ring (bicyclic) bond motifs is 1. The number of nitrogens with zero attached hydrogens (tertiary/aromatic N) is 6. The molecule has 4 aromatic rings. The van der Waals surface area contributed by atoms with E-state index in [1.54, 1.807) is 29.2 Å². The molecule has 0 aliphatic carbocycles. The Morgan fingerprint density at radius 1 is 1.12 bits per heavy atom. The van der Waals surface area contributed by atoms with Gasteiger partial charge in [-0.1, -0.05) is 0 Å². The van der Waals surface area contributed by atoms with Crippen molar-refractivity contribution in [1.82, 2.24) is 34.9 Å². The molecule has 1 aliphatic heterocycles. The lowest BCUT2D eigenvalue weighted by atomic mass is 9.94. The lowest BCUT2D eigenvalue weighted by Crippen LogP contribution is -2.45. The van der Waals surface area contributed by atoms with E-state index < -0.39 is 0 Å². The molecule has 0 radical (unpaired) electrons. The number of aryl methyl sites for hydroxylation is 1. The fourth-order valence-corrected chi connectivity index (χ4v) is 4.26. The van der Waals surface area contributed by atoms with Gasteiger partial charge in [-0.2, -0.15) is 5.10 Å². The number of rotatable bonds is 4. The standard InChI is InChI=1S/C24H25N7O/c1-30-10-7-19(28-24(32)16-5-8-25-9-6-16)11-23(30)22-12-21-17(13-26-22)3-4-20(29-21)18-14-27-31(2)15-18/h3-6,8-9,12-15,19,23H,7,10-11H2,1-2H3,(H,28,32). The molecule has 5 heterocycles. The van der Waals surface area contributed by atoms with E-state index in [1.807, 2.05) is 37.8 Å². The minimum absolute atomic E-state index is 0.0602. The molecule has 1 fully saturated rings. The normalized spacial score (nSPS) is 19.2. The Kier molecular flexibility index (Phi) is 5.36. The summed E-state index contributed by atoms with van der Waals surface area (Å²) < 4.78 is 1.77. The number of nitrogens with one attached hydrogen (secondary N) is 1. The van der Waals surface area contributed by atoms with Crippen LogP contribution in [0.3, 0.4) is 0 Å². The maximum absolute atomic E-state index is 12.6. The van der Waals surface area contributed by atoms with E-state index in [1.165, 1.54) is 0 Å². The first-order valence-electron chi connectivity index (χ1n) is 10.7. The highest BCUT2D eigenvalue weighted by Gasteiger charge is 2.29. The Labute approximate surface area is 186 Å². The SMILES string of the molecule is CN1CCC(NC(=O)c2ccncc2)CC1c1cc2nc(-c3cnn(C)c3)ccc2cn1. The quantitative estimate of drug-likeness (QED) is 0.539. The van der Waals surface area contributed by atoms with Crippen molar-refractivity contribution in [2.45, 2.75) is 24.9 Å². The summed E-state index contributed by atoms with van der Waals surface area (Å²) in [4.78, 5) is 28.5. The Hall–Kier alpha value is -3.65. The Morgan fingerprint density at radius 2 is 1.97 bits per heavy atom. The number of likely N-dealkylation sites (tertiary alicyclic amines) is 1. The number of hydrogen-bond donors (Lipinski definition) is 1. The van der Waals surface area contributed by atoms with Crippen molar-refractivity contribution in [3.63, 3.8) is 0 Å². The lowest BCUT2D eigenvalue weighted by molar-refractivity contribution is 0.0886. The number of piperidine rings is 1. The van der Waals surface area contributed by atoms with Gasteiger partial charge in [-0.05, 0) is 50.2 Å². The smallest absolute Gasteiger partial charge is 0.251 e. The molecule has 1 amide bonds. The second-order valence-corrected chi connectivity index (χ2v) is 8.33. The molecule has 0 saturated carbocycles. The molecule has 8 heteroatoms. The molecule has 1 aliphatic rings. The summed E-state index contributed by atoms with van der Waals surface area (Å²) >= 11 is 0. The first-order valence-corrected chi connectivity index (χ1v) is 10.7. The summed E-state index contributed by atoms with van der Waals surface area (Å²) in [7, 11) is 4.01. The molecule has 0 aromatic carbocycles. The summed E-state index contributed by atoms with van der Waals surface area (Å²) in [6, 6.07) is 9.78. The minimum atomic E-state index is -0.0602. The van der Waals surface area contributed by atoms with E-state index in [9.17, 15) is 4.79 Å². The molecule has 1 saturated heterocycles. The van der Waals surface area contributed by atoms with Crippen LogP contribution >= 0.6 is 0 Å². The topological polar surface area (TPSA) is 88.8 Å². The van der Waals surface area contributed by atoms with Crippen LogP contribution in [-0.2, 0) is 7.05 Å². The van der Waals surface area contributed by atoms with Gasteiger partial charge in [0.25, 0.3) is 5.91 Å². The summed E-state index contributed by atoms with van der Waals surface area (Å²) in [5, 5.41) is 8.43. The van der Waals surface area contributed by atoms with Crippen molar-refractivity contribution < 1.29 is 4.79 Å². The van der Waals surface area contributed by atoms with Crippen LogP contribution in [-0.4, -0.2) is 55.2 Å². The second-order valence-electron chi connectivity index (χ2n) is 8.33. The zero-order chi connectivity index (χ0) is 22.1. The molecule has 32 heavy (non-hydrogen) atoms. The number of carbonyl (C=O) groups excluding carboxylic acids is 1. The first-order chi connectivity index (χ1) is 15.6. The van der Waals surface area contributed by atoms with Crippen LogP contribution < -0.4 is 5.32 Å². The molecular weight excluding hydrogens is 402 g/mol. The van der Waals surface area contributed by atoms with E-state index in [0.29, 0.717) is 5.56 Å². The largest absolute Gasteiger partial charge is 0.349 e. The monoisotopic (exact) mass is 427 g/mol. The van der Waals surface area contributed by atoms with E-state index >= 15 is 0 Å². The van der Waals surface area contributed by atoms with Crippen LogP contribution in [0.5, 0.6) is 0 Å². The van der Waals surface area contributed by atoms with Crippen molar-refractivity contribution in [1.29, 1.82) is 0 Å². The number of aromatic nitrogens is 5. The molecule has 2 unspecified atom stereocenters. The van der Waals surface area contributed by atoms with Crippen LogP contribution in [0, 0.1) is 0 Å². The van der Waals surface area contributed by atoms with Gasteiger partial charge < -0.3 is 5.32 Å². The third-order valence-electron chi connectivity index (χ3n) is 6.08. The van der Waals surface area contributed by atoms with Crippen molar-refractivity contribution >= 4 is 16.8 Å². The lowest BCUT2D eigenvalue weighted by Gasteiger charge is -2.37. The zero-order valence-corrected chi connectivity index (χ0v) is 18.1. The number of pyridine rings is 3. The molecular formula is C24H25N7O. The fourth-order valence-electron chi connectivity index (χ4n) is 4.26. The Morgan fingerprint density at radius 3 is 2.75 bits per heavy atom. The van der Waals surface area contributed by atoms with Gasteiger partial charge in [-0.3, -0.25) is 24.3 Å². The van der Waals surface area contributed by atoms with Gasteiger partial charge in [0, 0.05) is 60.9 Å². The molecule has 162 valence electrons. The molecule has 4 aromatic heterocycles. The molecule has 8 nitrogen and oxygen atoms in total. The average Bonchev–Trinajstić information content (AvgIpc) is 3.26. The van der Waals surface area contributed by atoms with E-state index in [2.05, 4.69) is 33.4 Å². The van der Waals surface area contributed by atoms with Crippen molar-refractivity contribution in [3.05, 3.63) is 72.6 Å². The van der Waals surface area contributed by atoms with Gasteiger partial charge in [0.15, 0.2) is 0 Å². The predicted molar refractivity (Wildman–Crippen MR) is 122 cm³/mol. The van der Waals surface area contributed by atoms with Gasteiger partial charge in [-0.25, -0.2) is 4.98 Å². The predicted octanol–water partition coefficient (Wildman–Crippen LogP) is 2.99. The van der Waals surface area contributed by atoms with Gasteiger partial charge in [0.05, 0.1) is 29.1 Å². The highest BCUT2D eigenvalue weighted by molar-refractivity contribution is 5.94. The highest BCUT2D eigenvalue weighted by atomic mass is 16.1. The zero-order valence-electron chi connectivity index (χ0n) is 18.1. The van der Waals surface area contributed by atoms with E-state index in [0.717, 1.165) is 47.2 Å². The second kappa shape index (κ2) is 8.47. The van der Waals surface area contributed by atoms with Crippen LogP contribution in [0.4, 0.5) is 0 Å². The molecule has 1 N–H and O–H groups in total. The third-order valence-corrected chi connectivity index (χ3v) is 6.08. The molecule has 0 spiro atoms. The minimum Gasteiger partial charge on any atom is -0.349 e. The van der Waals surface area contributed by atoms with Crippen LogP contribution in [0.25, 0.3) is 22.2 Å². The van der Waals surface area contributed by atoms with Crippen LogP contribution in [0.15, 0.2) is 61.3 Å². The number of carbonyl (C=O) groups is 1. The molecule has 0 bridgehead atoms. The number of hydrogen-bond acceptors (Lipinski definition) is 6. The number of amides is 1. The summed E-state index contributed by atoms with van der Waals surface area (Å²) in [5.74, 6) is -0.0602. The van der Waals surface area contributed by atoms with Gasteiger partial charge >= 0.3 is 0 Å². The Bertz CT molecular complexity index is 1250. The maximum atomic E-state index is 12.6. The third kappa shape index (κ3) is 4.09. The maximum Gasteiger partial charge on any atom is 0.251 e. The summed E-state index contributed by atoms with van der Waals surface area (Å²) in [6.07, 6.45) is 10.6. The van der Waals surface area contributed by atoms with Crippen molar-refractivity contribution in [2.75, 3.05) is 13.6 Å².